The summed E-state index contributed by atoms with van der Waals surface area (Å²) in [5.41, 5.74) is 0. The lowest BCUT2D eigenvalue weighted by Crippen LogP contribution is -1.30. The van der Waals surface area contributed by atoms with Crippen LogP contribution in [0.3, 0.4) is 0 Å². The monoisotopic (exact) mass is 110 g/mol. The van der Waals surface area contributed by atoms with Crippen molar-refractivity contribution >= 4 is 30.9 Å². The molecule has 0 amide bonds. The highest BCUT2D eigenvalue weighted by molar-refractivity contribution is 6.89. The Hall–Kier alpha value is 0.577. The van der Waals surface area contributed by atoms with Gasteiger partial charge in [0.2, 0.25) is 0 Å². The van der Waals surface area contributed by atoms with E-state index in [1.807, 2.05) is 0 Å². The lowest BCUT2D eigenvalue weighted by Gasteiger charge is -1.32. The second kappa shape index (κ2) is 3.58. The van der Waals surface area contributed by atoms with Gasteiger partial charge in [-0.3, -0.25) is 0 Å². The molecule has 0 N–H and O–H groups in total. The predicted octanol–water partition coefficient (Wildman–Crippen LogP) is 1.000. The molecule has 22 valence electrons. The highest BCUT2D eigenvalue weighted by atomic mass is 35.6. The second-order valence-electron chi connectivity index (χ2n) is 0.189. The summed E-state index contributed by atoms with van der Waals surface area (Å²) in [6.45, 7) is 0. The Bertz CT molecular complexity index is 42.8. The first-order chi connectivity index (χ1) is 1.91. The number of hydrogen-bond donors (Lipinski definition) is 0. The Morgan fingerprint density at radius 1 is 1.75 bits per heavy atom. The third kappa shape index (κ3) is 2.58. The Balaban J connectivity index is 2.83. The first kappa shape index (κ1) is 4.58. The molecule has 0 aromatic carbocycles. The quantitative estimate of drug-likeness (QED) is 0.323. The molecule has 0 aliphatic carbocycles. The predicted molar refractivity (Wildman–Crippen MR) is 21.3 cm³/mol. The lowest BCUT2D eigenvalue weighted by atomic mass is 11.9. The van der Waals surface area contributed by atoms with Crippen molar-refractivity contribution < 1.29 is 0 Å². The summed E-state index contributed by atoms with van der Waals surface area (Å²) in [7, 11) is 0.128. The Labute approximate surface area is 36.5 Å². The van der Waals surface area contributed by atoms with Crippen LogP contribution in [-0.4, -0.2) is 8.27 Å². The van der Waals surface area contributed by atoms with Gasteiger partial charge in [0, 0.05) is 0 Å². The molecule has 4 heavy (non-hydrogen) atoms. The van der Waals surface area contributed by atoms with E-state index < -0.39 is 0 Å². The first-order valence-electron chi connectivity index (χ1n) is 0.628. The maximum Gasteiger partial charge on any atom is 0.127 e. The molecule has 0 saturated carbocycles. The number of halogens is 2. The zero-order valence-electron chi connectivity index (χ0n) is 1.76. The van der Waals surface area contributed by atoms with Gasteiger partial charge in [0.05, 0.1) is 0 Å². The maximum atomic E-state index is 4.97. The zero-order chi connectivity index (χ0) is 3.41. The Morgan fingerprint density at radius 2 is 2.00 bits per heavy atom. The molecular weight excluding hydrogens is 111 g/mol. The van der Waals surface area contributed by atoms with Gasteiger partial charge in [0.1, 0.15) is 8.27 Å². The van der Waals surface area contributed by atoms with Crippen molar-refractivity contribution in [2.75, 3.05) is 0 Å². The van der Waals surface area contributed by atoms with Gasteiger partial charge in [-0.05, 0) is 16.6 Å². The van der Waals surface area contributed by atoms with Crippen LogP contribution in [0.2, 0.25) is 0 Å². The van der Waals surface area contributed by atoms with Gasteiger partial charge in [0.25, 0.3) is 0 Å². The molecule has 0 bridgehead atoms. The van der Waals surface area contributed by atoms with E-state index in [2.05, 4.69) is 4.96 Å². The first-order valence-corrected chi connectivity index (χ1v) is 3.02. The Morgan fingerprint density at radius 3 is 2.00 bits per heavy atom. The molecular formula is CCl2Si. The van der Waals surface area contributed by atoms with E-state index in [9.17, 15) is 0 Å². The molecule has 0 spiro atoms. The summed E-state index contributed by atoms with van der Waals surface area (Å²) < 4.78 is 0. The van der Waals surface area contributed by atoms with E-state index in [0.717, 1.165) is 0 Å². The van der Waals surface area contributed by atoms with Gasteiger partial charge in [-0.15, -0.1) is 0 Å². The highest BCUT2D eigenvalue weighted by Crippen LogP contribution is 1.56. The minimum absolute atomic E-state index is 0.128. The molecule has 0 radical (unpaired) electrons. The average molecular weight is 111 g/mol. The highest BCUT2D eigenvalue weighted by Gasteiger charge is 1.35. The van der Waals surface area contributed by atoms with Crippen molar-refractivity contribution in [3.63, 3.8) is 0 Å². The van der Waals surface area contributed by atoms with E-state index in [4.69, 9.17) is 22.7 Å². The molecule has 0 atom stereocenters. The molecule has 0 saturated heterocycles. The molecule has 3 heteroatoms. The fraction of sp³-hybridized carbons (Fsp3) is 0. The largest absolute Gasteiger partial charge is 0.127 e. The minimum atomic E-state index is 0.128. The topological polar surface area (TPSA) is 0 Å². The Kier molecular flexibility index (Phi) is 4.09. The van der Waals surface area contributed by atoms with E-state index in [-0.39, 0.29) is 8.27 Å². The SMILES string of the molecule is ClC#[Si]Cl. The van der Waals surface area contributed by atoms with E-state index >= 15 is 0 Å². The van der Waals surface area contributed by atoms with E-state index in [1.165, 1.54) is 0 Å². The summed E-state index contributed by atoms with van der Waals surface area (Å²) in [6.07, 6.45) is 0. The van der Waals surface area contributed by atoms with Gasteiger partial charge in [-0.25, -0.2) is 0 Å². The van der Waals surface area contributed by atoms with Crippen LogP contribution < -0.4 is 0 Å². The summed E-state index contributed by atoms with van der Waals surface area (Å²) in [5.74, 6) is 0. The summed E-state index contributed by atoms with van der Waals surface area (Å²) >= 11 is 9.79. The van der Waals surface area contributed by atoms with Crippen LogP contribution in [0.15, 0.2) is 0 Å². The summed E-state index contributed by atoms with van der Waals surface area (Å²) in [4.78, 5) is 2.20. The third-order valence-corrected chi connectivity index (χ3v) is 0.964. The van der Waals surface area contributed by atoms with Crippen LogP contribution in [0.25, 0.3) is 0 Å². The molecule has 0 aromatic rings. The van der Waals surface area contributed by atoms with Crippen molar-refractivity contribution in [2.45, 2.75) is 0 Å². The van der Waals surface area contributed by atoms with Crippen molar-refractivity contribution in [1.82, 2.24) is 0 Å². The van der Waals surface area contributed by atoms with Crippen LogP contribution in [0.4, 0.5) is 0 Å². The molecule has 0 aliphatic heterocycles. The van der Waals surface area contributed by atoms with Gasteiger partial charge in [-0.1, -0.05) is 11.1 Å². The number of hydrogen-bond acceptors (Lipinski definition) is 0. The van der Waals surface area contributed by atoms with Crippen LogP contribution in [0.1, 0.15) is 0 Å². The normalized spacial score (nSPS) is 3.50. The van der Waals surface area contributed by atoms with Crippen LogP contribution >= 0.6 is 22.7 Å². The molecule has 0 heterocycles. The van der Waals surface area contributed by atoms with Gasteiger partial charge >= 0.3 is 0 Å². The second-order valence-corrected chi connectivity index (χ2v) is 1.70. The van der Waals surface area contributed by atoms with E-state index in [1.54, 1.807) is 0 Å². The van der Waals surface area contributed by atoms with Crippen LogP contribution in [0.5, 0.6) is 0 Å². The molecule has 0 fully saturated rings. The van der Waals surface area contributed by atoms with Crippen LogP contribution in [-0.2, 0) is 0 Å². The smallest absolute Gasteiger partial charge is 0.0763 e. The van der Waals surface area contributed by atoms with Gasteiger partial charge in [0.15, 0.2) is 0 Å². The third-order valence-electron chi connectivity index (χ3n) is 0.0357. The molecule has 0 aliphatic rings. The van der Waals surface area contributed by atoms with Crippen molar-refractivity contribution in [1.29, 1.82) is 0 Å². The van der Waals surface area contributed by atoms with Gasteiger partial charge in [-0.2, -0.15) is 0 Å². The summed E-state index contributed by atoms with van der Waals surface area (Å²) in [5, 5.41) is 0. The summed E-state index contributed by atoms with van der Waals surface area (Å²) in [6, 6.07) is 0. The molecule has 0 nitrogen and oxygen atoms in total. The fourth-order valence-electron chi connectivity index (χ4n) is 0. The van der Waals surface area contributed by atoms with E-state index in [0.29, 0.717) is 0 Å². The minimum Gasteiger partial charge on any atom is -0.0763 e. The molecule has 0 rings (SSSR count). The fourth-order valence-corrected chi connectivity index (χ4v) is 0. The van der Waals surface area contributed by atoms with Crippen LogP contribution in [0, 0.1) is 4.96 Å². The molecule has 0 aromatic heterocycles. The maximum absolute atomic E-state index is 4.97. The lowest BCUT2D eigenvalue weighted by molar-refractivity contribution is 3.33. The van der Waals surface area contributed by atoms with Crippen molar-refractivity contribution in [3.8, 4) is 4.96 Å². The van der Waals surface area contributed by atoms with Crippen molar-refractivity contribution in [2.24, 2.45) is 0 Å². The zero-order valence-corrected chi connectivity index (χ0v) is 4.27. The average Bonchev–Trinajstić information content (AvgIpc) is 1.37. The number of rotatable bonds is 0. The van der Waals surface area contributed by atoms with Gasteiger partial charge < -0.3 is 0 Å². The standard InChI is InChI=1S/CCl2Si/c2-1-4-3. The van der Waals surface area contributed by atoms with Crippen molar-refractivity contribution in [3.05, 3.63) is 0 Å². The molecule has 0 unspecified atom stereocenters.